The highest BCUT2D eigenvalue weighted by Crippen LogP contribution is 2.53. The minimum atomic E-state index is -3.69. The smallest absolute Gasteiger partial charge is 0.338 e. The summed E-state index contributed by atoms with van der Waals surface area (Å²) in [6.07, 6.45) is 0.649. The summed E-state index contributed by atoms with van der Waals surface area (Å²) in [7, 11) is -5.62. The van der Waals surface area contributed by atoms with E-state index in [0.29, 0.717) is 21.7 Å². The fraction of sp³-hybridized carbons (Fsp3) is 0.265. The molecule has 3 aromatic carbocycles. The van der Waals surface area contributed by atoms with Gasteiger partial charge in [-0.1, -0.05) is 86.2 Å². The van der Waals surface area contributed by atoms with E-state index in [-0.39, 0.29) is 12.4 Å². The number of rotatable bonds is 6. The molecule has 1 saturated heterocycles. The molecule has 0 radical (unpaired) electrons. The zero-order valence-corrected chi connectivity index (χ0v) is 26.1. The van der Waals surface area contributed by atoms with Crippen LogP contribution in [0.2, 0.25) is 19.6 Å². The first kappa shape index (κ1) is 29.4. The van der Waals surface area contributed by atoms with Gasteiger partial charge in [-0.15, -0.1) is 5.54 Å². The SMILES string of the molecule is C[Si](C)(C)C#C[C@]1(O)C=CC2=C(OP(=O)(c3ccccc3)c3ccccc3)[C@@H]3OC[C@@H](O3)[C@H]2[C@H]1OC(=O)c1ccccc1. The molecular weight excluding hydrogens is 579 g/mol. The van der Waals surface area contributed by atoms with Crippen molar-refractivity contribution in [3.05, 3.63) is 120 Å². The summed E-state index contributed by atoms with van der Waals surface area (Å²) in [5.74, 6) is 1.97. The molecule has 7 nitrogen and oxygen atoms in total. The molecule has 2 bridgehead atoms. The fourth-order valence-corrected chi connectivity index (χ4v) is 8.12. The highest BCUT2D eigenvalue weighted by atomic mass is 31.2. The van der Waals surface area contributed by atoms with Crippen LogP contribution >= 0.6 is 7.37 Å². The Morgan fingerprint density at radius 3 is 2.12 bits per heavy atom. The van der Waals surface area contributed by atoms with Crippen molar-refractivity contribution >= 4 is 32.0 Å². The maximum absolute atomic E-state index is 14.9. The summed E-state index contributed by atoms with van der Waals surface area (Å²) in [6, 6.07) is 26.6. The largest absolute Gasteiger partial charge is 0.453 e. The van der Waals surface area contributed by atoms with Crippen molar-refractivity contribution in [3.63, 3.8) is 0 Å². The number of carbonyl (C=O) groups excluding carboxylic acids is 1. The molecule has 1 fully saturated rings. The van der Waals surface area contributed by atoms with Gasteiger partial charge < -0.3 is 23.8 Å². The van der Waals surface area contributed by atoms with Crippen molar-refractivity contribution in [2.24, 2.45) is 5.92 Å². The predicted molar refractivity (Wildman–Crippen MR) is 167 cm³/mol. The second-order valence-corrected chi connectivity index (χ2v) is 18.9. The van der Waals surface area contributed by atoms with Gasteiger partial charge in [0.2, 0.25) is 6.29 Å². The molecule has 3 aromatic rings. The third kappa shape index (κ3) is 5.80. The number of fused-ring (bicyclic) bond motifs is 4. The first-order valence-corrected chi connectivity index (χ1v) is 19.3. The van der Waals surface area contributed by atoms with Crippen LogP contribution in [-0.2, 0) is 23.3 Å². The van der Waals surface area contributed by atoms with Gasteiger partial charge in [0.1, 0.15) is 8.07 Å². The molecule has 2 heterocycles. The first-order valence-electron chi connectivity index (χ1n) is 14.2. The Bertz CT molecular complexity index is 1630. The fourth-order valence-electron chi connectivity index (χ4n) is 5.44. The summed E-state index contributed by atoms with van der Waals surface area (Å²) in [5.41, 5.74) is 2.37. The molecule has 3 aliphatic rings. The third-order valence-electron chi connectivity index (χ3n) is 7.55. The van der Waals surface area contributed by atoms with Gasteiger partial charge in [0.15, 0.2) is 17.5 Å². The quantitative estimate of drug-likeness (QED) is 0.182. The van der Waals surface area contributed by atoms with Crippen LogP contribution in [0.15, 0.2) is 114 Å². The number of hydrogen-bond donors (Lipinski definition) is 1. The summed E-state index contributed by atoms with van der Waals surface area (Å²) in [6.45, 7) is 6.38. The average molecular weight is 613 g/mol. The van der Waals surface area contributed by atoms with Crippen LogP contribution in [0.4, 0.5) is 0 Å². The van der Waals surface area contributed by atoms with E-state index >= 15 is 0 Å². The van der Waals surface area contributed by atoms with Crippen molar-refractivity contribution in [3.8, 4) is 11.5 Å². The van der Waals surface area contributed by atoms with Crippen LogP contribution in [-0.4, -0.2) is 49.9 Å². The van der Waals surface area contributed by atoms with E-state index in [1.165, 1.54) is 0 Å². The van der Waals surface area contributed by atoms with Crippen LogP contribution in [0.5, 0.6) is 0 Å². The van der Waals surface area contributed by atoms with Crippen LogP contribution in [0, 0.1) is 17.4 Å². The zero-order valence-electron chi connectivity index (χ0n) is 24.2. The van der Waals surface area contributed by atoms with Crippen molar-refractivity contribution in [2.45, 2.75) is 43.7 Å². The van der Waals surface area contributed by atoms with Crippen molar-refractivity contribution in [1.29, 1.82) is 0 Å². The number of hydrogen-bond acceptors (Lipinski definition) is 7. The maximum Gasteiger partial charge on any atom is 0.338 e. The van der Waals surface area contributed by atoms with Crippen molar-refractivity contribution in [2.75, 3.05) is 6.61 Å². The molecule has 1 N–H and O–H groups in total. The number of allylic oxidation sites excluding steroid dienone is 1. The van der Waals surface area contributed by atoms with Crippen molar-refractivity contribution in [1.82, 2.24) is 0 Å². The predicted octanol–water partition coefficient (Wildman–Crippen LogP) is 4.96. The monoisotopic (exact) mass is 612 g/mol. The lowest BCUT2D eigenvalue weighted by molar-refractivity contribution is -0.111. The van der Waals surface area contributed by atoms with Gasteiger partial charge in [-0.3, -0.25) is 4.57 Å². The maximum atomic E-state index is 14.9. The third-order valence-corrected chi connectivity index (χ3v) is 10.8. The van der Waals surface area contributed by atoms with Gasteiger partial charge in [-0.05, 0) is 42.5 Å². The first-order chi connectivity index (χ1) is 20.6. The molecule has 0 amide bonds. The van der Waals surface area contributed by atoms with Crippen molar-refractivity contribution < 1.29 is 33.2 Å². The molecule has 9 heteroatoms. The highest BCUT2D eigenvalue weighted by Gasteiger charge is 2.56. The molecule has 0 aromatic heterocycles. The van der Waals surface area contributed by atoms with Gasteiger partial charge in [0, 0.05) is 5.57 Å². The normalized spacial score (nSPS) is 26.2. The molecule has 0 spiro atoms. The lowest BCUT2D eigenvalue weighted by Crippen LogP contribution is -2.55. The Kier molecular flexibility index (Phi) is 7.80. The van der Waals surface area contributed by atoms with E-state index < -0.39 is 51.4 Å². The Morgan fingerprint density at radius 1 is 0.953 bits per heavy atom. The lowest BCUT2D eigenvalue weighted by atomic mass is 9.73. The van der Waals surface area contributed by atoms with E-state index in [9.17, 15) is 14.5 Å². The molecular formula is C34H33O7PSi. The Labute approximate surface area is 252 Å². The Balaban J connectivity index is 1.49. The molecule has 43 heavy (non-hydrogen) atoms. The molecule has 0 saturated carbocycles. The van der Waals surface area contributed by atoms with Gasteiger partial charge in [-0.2, -0.15) is 0 Å². The van der Waals surface area contributed by atoms with Crippen LogP contribution in [0.3, 0.4) is 0 Å². The molecule has 2 aliphatic heterocycles. The lowest BCUT2D eigenvalue weighted by Gasteiger charge is -2.43. The Morgan fingerprint density at radius 2 is 1.53 bits per heavy atom. The number of ether oxygens (including phenoxy) is 3. The molecule has 1 aliphatic carbocycles. The molecule has 6 rings (SSSR count). The van der Waals surface area contributed by atoms with E-state index in [0.717, 1.165) is 0 Å². The molecule has 220 valence electrons. The number of benzene rings is 3. The van der Waals surface area contributed by atoms with Crippen LogP contribution < -0.4 is 10.6 Å². The van der Waals surface area contributed by atoms with E-state index in [4.69, 9.17) is 18.7 Å². The van der Waals surface area contributed by atoms with Gasteiger partial charge in [0.25, 0.3) is 0 Å². The molecule has 0 unspecified atom stereocenters. The summed E-state index contributed by atoms with van der Waals surface area (Å²) < 4.78 is 39.8. The minimum absolute atomic E-state index is 0.164. The topological polar surface area (TPSA) is 91.3 Å². The van der Waals surface area contributed by atoms with Crippen LogP contribution in [0.1, 0.15) is 10.4 Å². The van der Waals surface area contributed by atoms with Gasteiger partial charge >= 0.3 is 13.3 Å². The van der Waals surface area contributed by atoms with Gasteiger partial charge in [0.05, 0.1) is 34.8 Å². The van der Waals surface area contributed by atoms with Crippen LogP contribution in [0.25, 0.3) is 0 Å². The van der Waals surface area contributed by atoms with E-state index in [2.05, 4.69) is 31.1 Å². The second-order valence-electron chi connectivity index (χ2n) is 11.8. The number of carbonyl (C=O) groups is 1. The summed E-state index contributed by atoms with van der Waals surface area (Å²) >= 11 is 0. The number of aliphatic hydroxyl groups is 1. The standard InChI is InChI=1S/C34H33O7PSi/c1-43(2,3)22-21-34(36)20-19-27-29(31(34)40-32(35)24-13-7-4-8-14-24)28-23-38-33(39-28)30(27)41-42(37,25-15-9-5-10-16-25)26-17-11-6-12-18-26/h4-20,28-29,31,33,36H,23H2,1-3H3/t28-,29+,31-,33-,34-/m1/s1. The summed E-state index contributed by atoms with van der Waals surface area (Å²) in [5, 5.41) is 13.0. The molecule has 5 atom stereocenters. The van der Waals surface area contributed by atoms with Gasteiger partial charge in [-0.25, -0.2) is 4.79 Å². The Hall–Kier alpha value is -3.70. The second kappa shape index (κ2) is 11.4. The summed E-state index contributed by atoms with van der Waals surface area (Å²) in [4.78, 5) is 13.4. The highest BCUT2D eigenvalue weighted by molar-refractivity contribution is 7.74. The minimum Gasteiger partial charge on any atom is -0.453 e. The zero-order chi connectivity index (χ0) is 30.2. The average Bonchev–Trinajstić information content (AvgIpc) is 3.45. The van der Waals surface area contributed by atoms with E-state index in [1.54, 1.807) is 60.7 Å². The van der Waals surface area contributed by atoms with E-state index in [1.807, 2.05) is 42.5 Å². The number of esters is 1.